The molecule has 0 radical (unpaired) electrons. The monoisotopic (exact) mass is 1300 g/mol. The third kappa shape index (κ3) is 13.1. The Kier molecular flexibility index (Phi) is 20.8. The van der Waals surface area contributed by atoms with Crippen LogP contribution in [0, 0.1) is 6.07 Å². The van der Waals surface area contributed by atoms with Crippen LogP contribution in [0.1, 0.15) is 170 Å². The Morgan fingerprint density at radius 1 is 0.553 bits per heavy atom. The first kappa shape index (κ1) is 62.0. The summed E-state index contributed by atoms with van der Waals surface area (Å²) >= 11 is 0. The van der Waals surface area contributed by atoms with Crippen LogP contribution in [0.2, 0.25) is 0 Å². The van der Waals surface area contributed by atoms with Gasteiger partial charge < -0.3 is 19.9 Å². The molecule has 5 nitrogen and oxygen atoms in total. The van der Waals surface area contributed by atoms with Crippen LogP contribution in [0.5, 0.6) is 0 Å². The summed E-state index contributed by atoms with van der Waals surface area (Å²) in [7, 11) is 0. The quantitative estimate of drug-likeness (QED) is 0.0441. The molecule has 0 fully saturated rings. The van der Waals surface area contributed by atoms with Crippen LogP contribution in [0.25, 0.3) is 22.4 Å². The van der Waals surface area contributed by atoms with E-state index in [9.17, 15) is 9.90 Å². The zero-order valence-electron chi connectivity index (χ0n) is 50.9. The van der Waals surface area contributed by atoms with Gasteiger partial charge >= 0.3 is 0 Å². The van der Waals surface area contributed by atoms with E-state index in [2.05, 4.69) is 226 Å². The average Bonchev–Trinajstić information content (AvgIpc) is 1.27. The number of aliphatic hydroxyl groups is 1. The summed E-state index contributed by atoms with van der Waals surface area (Å²) in [5, 5.41) is 9.50. The van der Waals surface area contributed by atoms with Crippen LogP contribution in [0.15, 0.2) is 224 Å². The second kappa shape index (κ2) is 28.5. The molecular weight excluding hydrogens is 1220 g/mol. The SMILES string of the molecule is CCCC1(CCC)c2ccccc2N(c2cc(-c3ccc(C(C)CC(CC)c4ccc(CCC(=O)C=C(C)O)cc4)cc3)cc(N3c4ccccc4C(CCC)(CCC)c4ccccc43)c2)c2ccccc21.[Pt].[c-]1ccccc1-c1ccccn1. The number of anilines is 6. The van der Waals surface area contributed by atoms with Gasteiger partial charge in [-0.2, -0.15) is 0 Å². The van der Waals surface area contributed by atoms with E-state index < -0.39 is 0 Å². The number of carbonyl (C=O) groups is 1. The molecule has 1 N–H and O–H groups in total. The Bertz CT molecular complexity index is 3380. The summed E-state index contributed by atoms with van der Waals surface area (Å²) in [4.78, 5) is 21.6. The second-order valence-corrected chi connectivity index (χ2v) is 23.5. The number of ketones is 1. The van der Waals surface area contributed by atoms with Crippen molar-refractivity contribution in [3.05, 3.63) is 269 Å². The third-order valence-corrected chi connectivity index (χ3v) is 17.8. The molecule has 6 heteroatoms. The largest absolute Gasteiger partial charge is 0.512 e. The van der Waals surface area contributed by atoms with Crippen LogP contribution >= 0.6 is 0 Å². The van der Waals surface area contributed by atoms with Gasteiger partial charge in [-0.1, -0.05) is 201 Å². The molecule has 2 aliphatic rings. The molecule has 0 saturated carbocycles. The van der Waals surface area contributed by atoms with Crippen LogP contribution in [-0.4, -0.2) is 15.9 Å². The maximum absolute atomic E-state index is 12.2. The molecule has 0 spiro atoms. The number of hydrogen-bond donors (Lipinski definition) is 1. The fraction of sp³-hybridized carbons (Fsp3) is 0.291. The van der Waals surface area contributed by atoms with Crippen molar-refractivity contribution < 1.29 is 31.0 Å². The van der Waals surface area contributed by atoms with E-state index in [0.717, 1.165) is 92.4 Å². The van der Waals surface area contributed by atoms with Gasteiger partial charge in [0.15, 0.2) is 5.78 Å². The number of aromatic nitrogens is 1. The van der Waals surface area contributed by atoms with E-state index in [-0.39, 0.29) is 43.4 Å². The molecule has 1 aromatic heterocycles. The number of nitrogens with zero attached hydrogens (tertiary/aromatic N) is 3. The van der Waals surface area contributed by atoms with E-state index in [1.54, 1.807) is 6.20 Å². The number of rotatable bonds is 21. The molecule has 3 heterocycles. The van der Waals surface area contributed by atoms with E-state index >= 15 is 0 Å². The van der Waals surface area contributed by atoms with Gasteiger partial charge in [0.05, 0.1) is 28.5 Å². The van der Waals surface area contributed by atoms with E-state index in [1.807, 2.05) is 42.5 Å². The smallest absolute Gasteiger partial charge is 0.159 e. The van der Waals surface area contributed by atoms with Gasteiger partial charge in [-0.15, -0.1) is 35.9 Å². The van der Waals surface area contributed by atoms with Gasteiger partial charge in [0.2, 0.25) is 0 Å². The summed E-state index contributed by atoms with van der Waals surface area (Å²) in [6, 6.07) is 79.5. The summed E-state index contributed by atoms with van der Waals surface area (Å²) in [6.45, 7) is 15.6. The van der Waals surface area contributed by atoms with Crippen molar-refractivity contribution in [3.8, 4) is 22.4 Å². The first-order chi connectivity index (χ1) is 41.1. The molecule has 0 saturated heterocycles. The Hall–Kier alpha value is -7.59. The number of aliphatic hydroxyl groups excluding tert-OH is 1. The minimum absolute atomic E-state index is 0. The molecule has 2 atom stereocenters. The van der Waals surface area contributed by atoms with Crippen LogP contribution in [0.4, 0.5) is 34.1 Å². The van der Waals surface area contributed by atoms with Crippen LogP contribution < -0.4 is 9.80 Å². The van der Waals surface area contributed by atoms with E-state index in [4.69, 9.17) is 0 Å². The number of hydrogen-bond acceptors (Lipinski definition) is 5. The van der Waals surface area contributed by atoms with Gasteiger partial charge in [-0.25, -0.2) is 0 Å². The Labute approximate surface area is 522 Å². The Balaban J connectivity index is 0.000000589. The molecule has 11 rings (SSSR count). The summed E-state index contributed by atoms with van der Waals surface area (Å²) in [5.41, 5.74) is 21.2. The maximum Gasteiger partial charge on any atom is 0.159 e. The zero-order valence-corrected chi connectivity index (χ0v) is 53.2. The molecule has 85 heavy (non-hydrogen) atoms. The number of pyridine rings is 1. The molecule has 438 valence electrons. The van der Waals surface area contributed by atoms with Gasteiger partial charge in [0.1, 0.15) is 0 Å². The standard InChI is InChI=1S/C68H76N2O2.C11H8N.Pt/c1-8-39-67(40-9-2)59-21-13-17-25-63(59)69(64-26-18-14-22-60(64)67)56-45-55(46-57(47-56)70-65-27-19-15-23-61(65)68(41-10-3,42-11-4)62-24-16-20-28-66(62)70)54-36-34-52(35-37-54)48(6)43-51(12-5)53-32-29-50(30-33-53)31-38-58(72)44-49(7)71;1-2-6-10(7-3-1)11-8-4-5-9-12-11;/h13-30,32-37,44-48,51,71H,8-12,31,38-43H2,1-7H3;1-6,8-9H;/q;-1;. The number of allylic oxidation sites excluding steroid dienone is 2. The van der Waals surface area contributed by atoms with Gasteiger partial charge in [-0.3, -0.25) is 4.79 Å². The van der Waals surface area contributed by atoms with Crippen molar-refractivity contribution in [2.45, 2.75) is 148 Å². The number of aryl methyl sites for hydroxylation is 1. The zero-order chi connectivity index (χ0) is 58.6. The van der Waals surface area contributed by atoms with Crippen LogP contribution in [-0.2, 0) is 43.1 Å². The first-order valence-corrected chi connectivity index (χ1v) is 31.2. The maximum atomic E-state index is 12.2. The Morgan fingerprint density at radius 2 is 1.01 bits per heavy atom. The minimum atomic E-state index is -0.0626. The fourth-order valence-corrected chi connectivity index (χ4v) is 14.2. The van der Waals surface area contributed by atoms with E-state index in [0.29, 0.717) is 24.7 Å². The van der Waals surface area contributed by atoms with Crippen molar-refractivity contribution in [1.82, 2.24) is 4.98 Å². The minimum Gasteiger partial charge on any atom is -0.512 e. The fourth-order valence-electron chi connectivity index (χ4n) is 14.2. The molecule has 0 aliphatic carbocycles. The summed E-state index contributed by atoms with van der Waals surface area (Å²) < 4.78 is 0. The number of fused-ring (bicyclic) bond motifs is 4. The van der Waals surface area contributed by atoms with Crippen LogP contribution in [0.3, 0.4) is 0 Å². The first-order valence-electron chi connectivity index (χ1n) is 31.2. The average molecular weight is 1300 g/mol. The molecule has 0 bridgehead atoms. The van der Waals surface area contributed by atoms with Crippen molar-refractivity contribution in [1.29, 1.82) is 0 Å². The van der Waals surface area contributed by atoms with Gasteiger partial charge in [-0.05, 0) is 168 Å². The second-order valence-electron chi connectivity index (χ2n) is 23.5. The van der Waals surface area contributed by atoms with Gasteiger partial charge in [0, 0.05) is 62.0 Å². The van der Waals surface area contributed by atoms with E-state index in [1.165, 1.54) is 80.3 Å². The molecule has 2 aliphatic heterocycles. The van der Waals surface area contributed by atoms with Crippen molar-refractivity contribution in [3.63, 3.8) is 0 Å². The van der Waals surface area contributed by atoms with Crippen molar-refractivity contribution >= 4 is 39.9 Å². The molecule has 9 aromatic rings. The molecule has 8 aromatic carbocycles. The van der Waals surface area contributed by atoms with Crippen molar-refractivity contribution in [2.75, 3.05) is 9.80 Å². The topological polar surface area (TPSA) is 56.7 Å². The van der Waals surface area contributed by atoms with Gasteiger partial charge in [0.25, 0.3) is 0 Å². The molecule has 0 amide bonds. The number of carbonyl (C=O) groups excluding carboxylic acids is 1. The van der Waals surface area contributed by atoms with Crippen molar-refractivity contribution in [2.24, 2.45) is 0 Å². The third-order valence-electron chi connectivity index (χ3n) is 17.8. The summed E-state index contributed by atoms with van der Waals surface area (Å²) in [5.74, 6) is 0.794. The predicted molar refractivity (Wildman–Crippen MR) is 353 cm³/mol. The normalized spacial score (nSPS) is 14.3. The molecule has 2 unspecified atom stereocenters. The number of benzene rings is 8. The number of para-hydroxylation sites is 4. The predicted octanol–water partition coefficient (Wildman–Crippen LogP) is 21.9. The summed E-state index contributed by atoms with van der Waals surface area (Å²) in [6.07, 6.45) is 15.2. The molecular formula is C79H84N3O2Pt-. The Morgan fingerprint density at radius 3 is 1.44 bits per heavy atom.